The fourth-order valence-electron chi connectivity index (χ4n) is 3.00. The number of hydrogen-bond acceptors (Lipinski definition) is 2. The zero-order valence-corrected chi connectivity index (χ0v) is 10.9. The molecule has 1 fully saturated rings. The number of hydrogen-bond donors (Lipinski definition) is 1. The standard InChI is InChI=1S/C16H17FN2/c1-18-15(12-9-14(17)11-19-10-12)16(7-8-16)13-5-3-2-4-6-13/h2-6,9-11,15,18H,7-8H2,1H3. The Hall–Kier alpha value is -1.74. The zero-order valence-electron chi connectivity index (χ0n) is 10.9. The molecule has 0 aliphatic heterocycles. The van der Waals surface area contributed by atoms with Crippen molar-refractivity contribution in [1.29, 1.82) is 0 Å². The summed E-state index contributed by atoms with van der Waals surface area (Å²) in [6.07, 6.45) is 5.25. The van der Waals surface area contributed by atoms with Crippen LogP contribution in [0.2, 0.25) is 0 Å². The molecule has 1 N–H and O–H groups in total. The topological polar surface area (TPSA) is 24.9 Å². The Morgan fingerprint density at radius 3 is 2.53 bits per heavy atom. The average molecular weight is 256 g/mol. The van der Waals surface area contributed by atoms with Crippen LogP contribution >= 0.6 is 0 Å². The lowest BCUT2D eigenvalue weighted by Crippen LogP contribution is -2.29. The van der Waals surface area contributed by atoms with Gasteiger partial charge in [0.1, 0.15) is 5.82 Å². The number of rotatable bonds is 4. The van der Waals surface area contributed by atoms with Crippen LogP contribution in [-0.4, -0.2) is 12.0 Å². The summed E-state index contributed by atoms with van der Waals surface area (Å²) in [7, 11) is 1.93. The summed E-state index contributed by atoms with van der Waals surface area (Å²) < 4.78 is 13.4. The molecule has 3 rings (SSSR count). The molecule has 2 aromatic rings. The van der Waals surface area contributed by atoms with E-state index in [9.17, 15) is 4.39 Å². The van der Waals surface area contributed by atoms with E-state index in [0.29, 0.717) is 0 Å². The molecule has 1 saturated carbocycles. The van der Waals surface area contributed by atoms with Gasteiger partial charge in [-0.05, 0) is 37.1 Å². The summed E-state index contributed by atoms with van der Waals surface area (Å²) in [4.78, 5) is 3.97. The molecule has 1 aromatic heterocycles. The molecule has 1 atom stereocenters. The largest absolute Gasteiger partial charge is 0.312 e. The first-order valence-corrected chi connectivity index (χ1v) is 6.59. The fraction of sp³-hybridized carbons (Fsp3) is 0.312. The van der Waals surface area contributed by atoms with E-state index in [1.165, 1.54) is 11.8 Å². The van der Waals surface area contributed by atoms with Gasteiger partial charge in [-0.1, -0.05) is 30.3 Å². The third-order valence-electron chi connectivity index (χ3n) is 4.04. The van der Waals surface area contributed by atoms with E-state index in [-0.39, 0.29) is 17.3 Å². The van der Waals surface area contributed by atoms with Crippen LogP contribution in [0.5, 0.6) is 0 Å². The zero-order chi connectivity index (χ0) is 13.3. The molecule has 1 aliphatic carbocycles. The number of benzene rings is 1. The van der Waals surface area contributed by atoms with Gasteiger partial charge in [-0.3, -0.25) is 4.98 Å². The molecule has 0 radical (unpaired) electrons. The van der Waals surface area contributed by atoms with E-state index in [4.69, 9.17) is 0 Å². The van der Waals surface area contributed by atoms with E-state index >= 15 is 0 Å². The van der Waals surface area contributed by atoms with Gasteiger partial charge in [0.2, 0.25) is 0 Å². The predicted octanol–water partition coefficient (Wildman–Crippen LogP) is 3.21. The van der Waals surface area contributed by atoms with Gasteiger partial charge >= 0.3 is 0 Å². The van der Waals surface area contributed by atoms with E-state index in [1.807, 2.05) is 13.1 Å². The highest BCUT2D eigenvalue weighted by Gasteiger charge is 2.50. The number of likely N-dealkylation sites (N-methyl/N-ethyl adjacent to an activating group) is 1. The summed E-state index contributed by atoms with van der Waals surface area (Å²) in [5, 5.41) is 3.34. The quantitative estimate of drug-likeness (QED) is 0.908. The Bertz CT molecular complexity index is 564. The summed E-state index contributed by atoms with van der Waals surface area (Å²) in [5.74, 6) is -0.276. The second-order valence-electron chi connectivity index (χ2n) is 5.18. The number of halogens is 1. The van der Waals surface area contributed by atoms with Crippen LogP contribution < -0.4 is 5.32 Å². The van der Waals surface area contributed by atoms with Gasteiger partial charge in [-0.25, -0.2) is 4.39 Å². The lowest BCUT2D eigenvalue weighted by Gasteiger charge is -2.27. The van der Waals surface area contributed by atoms with Crippen molar-refractivity contribution in [2.45, 2.75) is 24.3 Å². The van der Waals surface area contributed by atoms with Gasteiger partial charge in [0.15, 0.2) is 0 Å². The first-order valence-electron chi connectivity index (χ1n) is 6.59. The Labute approximate surface area is 112 Å². The van der Waals surface area contributed by atoms with Crippen LogP contribution in [0.25, 0.3) is 0 Å². The number of pyridine rings is 1. The van der Waals surface area contributed by atoms with Crippen LogP contribution in [0.3, 0.4) is 0 Å². The summed E-state index contributed by atoms with van der Waals surface area (Å²) in [5.41, 5.74) is 2.33. The molecule has 1 unspecified atom stereocenters. The minimum Gasteiger partial charge on any atom is -0.312 e. The molecule has 0 spiro atoms. The molecule has 2 nitrogen and oxygen atoms in total. The second kappa shape index (κ2) is 4.74. The van der Waals surface area contributed by atoms with E-state index in [1.54, 1.807) is 12.3 Å². The molecular weight excluding hydrogens is 239 g/mol. The summed E-state index contributed by atoms with van der Waals surface area (Å²) >= 11 is 0. The Balaban J connectivity index is 1.99. The molecule has 0 amide bonds. The van der Waals surface area contributed by atoms with Crippen molar-refractivity contribution in [2.24, 2.45) is 0 Å². The lowest BCUT2D eigenvalue weighted by molar-refractivity contribution is 0.459. The smallest absolute Gasteiger partial charge is 0.141 e. The minimum atomic E-state index is -0.276. The van der Waals surface area contributed by atoms with E-state index < -0.39 is 0 Å². The van der Waals surface area contributed by atoms with Gasteiger partial charge in [0, 0.05) is 17.7 Å². The van der Waals surface area contributed by atoms with Crippen molar-refractivity contribution in [3.05, 3.63) is 65.7 Å². The van der Waals surface area contributed by atoms with Crippen LogP contribution in [0.4, 0.5) is 4.39 Å². The third kappa shape index (κ3) is 2.15. The van der Waals surface area contributed by atoms with Crippen LogP contribution in [-0.2, 0) is 5.41 Å². The number of nitrogens with one attached hydrogen (secondary N) is 1. The average Bonchev–Trinajstić information content (AvgIpc) is 3.22. The van der Waals surface area contributed by atoms with Gasteiger partial charge in [0.25, 0.3) is 0 Å². The van der Waals surface area contributed by atoms with Gasteiger partial charge in [-0.15, -0.1) is 0 Å². The van der Waals surface area contributed by atoms with Crippen LogP contribution in [0.15, 0.2) is 48.8 Å². The molecular formula is C16H17FN2. The van der Waals surface area contributed by atoms with E-state index in [2.05, 4.69) is 34.6 Å². The van der Waals surface area contributed by atoms with Crippen molar-refractivity contribution in [3.63, 3.8) is 0 Å². The van der Waals surface area contributed by atoms with Crippen molar-refractivity contribution in [3.8, 4) is 0 Å². The first kappa shape index (κ1) is 12.3. The molecule has 1 heterocycles. The maximum absolute atomic E-state index is 13.4. The normalized spacial score (nSPS) is 18.0. The molecule has 0 bridgehead atoms. The Morgan fingerprint density at radius 1 is 1.21 bits per heavy atom. The predicted molar refractivity (Wildman–Crippen MR) is 73.3 cm³/mol. The number of aromatic nitrogens is 1. The number of nitrogens with zero attached hydrogens (tertiary/aromatic N) is 1. The monoisotopic (exact) mass is 256 g/mol. The Morgan fingerprint density at radius 2 is 1.95 bits per heavy atom. The highest BCUT2D eigenvalue weighted by atomic mass is 19.1. The highest BCUT2D eigenvalue weighted by molar-refractivity contribution is 5.37. The first-order chi connectivity index (χ1) is 9.26. The second-order valence-corrected chi connectivity index (χ2v) is 5.18. The summed E-state index contributed by atoms with van der Waals surface area (Å²) in [6, 6.07) is 12.2. The maximum Gasteiger partial charge on any atom is 0.141 e. The molecule has 0 saturated heterocycles. The van der Waals surface area contributed by atoms with E-state index in [0.717, 1.165) is 18.4 Å². The lowest BCUT2D eigenvalue weighted by atomic mass is 9.84. The minimum absolute atomic E-state index is 0.0888. The molecule has 1 aromatic carbocycles. The van der Waals surface area contributed by atoms with Gasteiger partial charge in [-0.2, -0.15) is 0 Å². The van der Waals surface area contributed by atoms with Crippen molar-refractivity contribution >= 4 is 0 Å². The third-order valence-corrected chi connectivity index (χ3v) is 4.04. The fourth-order valence-corrected chi connectivity index (χ4v) is 3.00. The SMILES string of the molecule is CNC(c1cncc(F)c1)C1(c2ccccc2)CC1. The van der Waals surface area contributed by atoms with Crippen LogP contribution in [0.1, 0.15) is 30.0 Å². The highest BCUT2D eigenvalue weighted by Crippen LogP contribution is 2.56. The molecule has 98 valence electrons. The molecule has 1 aliphatic rings. The van der Waals surface area contributed by atoms with Crippen molar-refractivity contribution in [1.82, 2.24) is 10.3 Å². The van der Waals surface area contributed by atoms with Crippen molar-refractivity contribution < 1.29 is 4.39 Å². The van der Waals surface area contributed by atoms with Crippen LogP contribution in [0, 0.1) is 5.82 Å². The van der Waals surface area contributed by atoms with Crippen molar-refractivity contribution in [2.75, 3.05) is 7.05 Å². The maximum atomic E-state index is 13.4. The Kier molecular flexibility index (Phi) is 3.07. The van der Waals surface area contributed by atoms with Gasteiger partial charge < -0.3 is 5.32 Å². The molecule has 3 heteroatoms. The molecule has 19 heavy (non-hydrogen) atoms. The summed E-state index contributed by atoms with van der Waals surface area (Å²) in [6.45, 7) is 0. The van der Waals surface area contributed by atoms with Gasteiger partial charge in [0.05, 0.1) is 6.20 Å².